The number of hydrogen-bond donors (Lipinski definition) is 1. The Hall–Kier alpha value is -1.69. The van der Waals surface area contributed by atoms with E-state index in [-0.39, 0.29) is 17.4 Å². The van der Waals surface area contributed by atoms with Crippen LogP contribution >= 0.6 is 0 Å². The average molecular weight is 316 g/mol. The summed E-state index contributed by atoms with van der Waals surface area (Å²) in [6.07, 6.45) is 6.25. The first-order valence-electron chi connectivity index (χ1n) is 8.55. The maximum atomic E-state index is 12.6. The van der Waals surface area contributed by atoms with Crippen LogP contribution in [0.1, 0.15) is 42.6 Å². The molecule has 1 aromatic heterocycles. The van der Waals surface area contributed by atoms with Gasteiger partial charge in [-0.2, -0.15) is 0 Å². The monoisotopic (exact) mass is 316 g/mol. The van der Waals surface area contributed by atoms with Gasteiger partial charge < -0.3 is 15.0 Å². The lowest BCUT2D eigenvalue weighted by Crippen LogP contribution is -2.68. The third-order valence-corrected chi connectivity index (χ3v) is 5.91. The summed E-state index contributed by atoms with van der Waals surface area (Å²) in [5.41, 5.74) is 0.569. The maximum absolute atomic E-state index is 12.6. The molecule has 1 amide bonds. The first kappa shape index (κ1) is 14.9. The van der Waals surface area contributed by atoms with Crippen molar-refractivity contribution in [1.29, 1.82) is 0 Å². The van der Waals surface area contributed by atoms with E-state index < -0.39 is 0 Å². The second-order valence-electron chi connectivity index (χ2n) is 7.31. The third kappa shape index (κ3) is 2.23. The van der Waals surface area contributed by atoms with Crippen LogP contribution in [0.5, 0.6) is 0 Å². The molecule has 1 aliphatic heterocycles. The van der Waals surface area contributed by atoms with Crippen LogP contribution in [0.2, 0.25) is 0 Å². The van der Waals surface area contributed by atoms with E-state index in [1.54, 1.807) is 6.07 Å². The molecule has 4 rings (SSSR count). The number of nitrogens with zero attached hydrogens (tertiary/aromatic N) is 3. The molecule has 2 aliphatic carbocycles. The van der Waals surface area contributed by atoms with Crippen molar-refractivity contribution in [1.82, 2.24) is 15.5 Å². The number of nitrogens with one attached hydrogen (secondary N) is 1. The van der Waals surface area contributed by atoms with Gasteiger partial charge >= 0.3 is 0 Å². The second-order valence-corrected chi connectivity index (χ2v) is 7.31. The zero-order valence-electron chi connectivity index (χ0n) is 13.8. The molecule has 3 atom stereocenters. The number of amides is 1. The Balaban J connectivity index is 1.49. The molecular weight excluding hydrogens is 292 g/mol. The molecule has 6 nitrogen and oxygen atoms in total. The van der Waals surface area contributed by atoms with Crippen molar-refractivity contribution < 1.29 is 9.53 Å². The van der Waals surface area contributed by atoms with Crippen molar-refractivity contribution >= 4 is 11.7 Å². The normalized spacial score (nSPS) is 30.8. The van der Waals surface area contributed by atoms with E-state index in [1.807, 2.05) is 25.1 Å². The maximum Gasteiger partial charge on any atom is 0.272 e. The van der Waals surface area contributed by atoms with E-state index in [0.717, 1.165) is 18.8 Å². The van der Waals surface area contributed by atoms with E-state index in [2.05, 4.69) is 15.5 Å². The minimum absolute atomic E-state index is 0.107. The minimum Gasteiger partial charge on any atom is -0.377 e. The molecule has 6 heteroatoms. The van der Waals surface area contributed by atoms with E-state index in [4.69, 9.17) is 4.74 Å². The molecule has 1 N–H and O–H groups in total. The Labute approximate surface area is 136 Å². The standard InChI is InChI=1S/C17H24N4O2/c1-21(2)13-6-5-12(19-20-13)16(22)18-14-11-7-10-23-15(11)17(14)8-3-4-9-17/h5-6,11,14-15H,3-4,7-10H2,1-2H3,(H,18,22). The molecule has 2 saturated carbocycles. The molecule has 3 aliphatic rings. The SMILES string of the molecule is CN(C)c1ccc(C(=O)NC2C3CCOC3C23CCCC3)nn1. The number of aromatic nitrogens is 2. The topological polar surface area (TPSA) is 67.4 Å². The molecule has 3 fully saturated rings. The molecule has 1 aromatic rings. The van der Waals surface area contributed by atoms with Crippen LogP contribution in [-0.2, 0) is 4.74 Å². The van der Waals surface area contributed by atoms with Gasteiger partial charge in [0.2, 0.25) is 0 Å². The van der Waals surface area contributed by atoms with Crippen molar-refractivity contribution in [2.24, 2.45) is 11.3 Å². The summed E-state index contributed by atoms with van der Waals surface area (Å²) in [6, 6.07) is 3.82. The van der Waals surface area contributed by atoms with Crippen molar-refractivity contribution in [3.8, 4) is 0 Å². The van der Waals surface area contributed by atoms with Gasteiger partial charge in [0.15, 0.2) is 11.5 Å². The van der Waals surface area contributed by atoms with E-state index in [0.29, 0.717) is 17.7 Å². The molecule has 124 valence electrons. The van der Waals surface area contributed by atoms with Crippen LogP contribution in [0.25, 0.3) is 0 Å². The predicted molar refractivity (Wildman–Crippen MR) is 86.4 cm³/mol. The van der Waals surface area contributed by atoms with Crippen molar-refractivity contribution in [2.45, 2.75) is 44.2 Å². The third-order valence-electron chi connectivity index (χ3n) is 5.91. The van der Waals surface area contributed by atoms with Crippen LogP contribution < -0.4 is 10.2 Å². The van der Waals surface area contributed by atoms with Gasteiger partial charge in [0.25, 0.3) is 5.91 Å². The minimum atomic E-state index is -0.107. The summed E-state index contributed by atoms with van der Waals surface area (Å²) in [7, 11) is 3.81. The van der Waals surface area contributed by atoms with Crippen LogP contribution in [-0.4, -0.2) is 49.0 Å². The zero-order chi connectivity index (χ0) is 16.0. The van der Waals surface area contributed by atoms with E-state index in [1.165, 1.54) is 25.7 Å². The Morgan fingerprint density at radius 2 is 2.09 bits per heavy atom. The lowest BCUT2D eigenvalue weighted by atomic mass is 9.54. The summed E-state index contributed by atoms with van der Waals surface area (Å²) < 4.78 is 5.96. The molecule has 23 heavy (non-hydrogen) atoms. The molecular formula is C17H24N4O2. The second kappa shape index (κ2) is 5.44. The van der Waals surface area contributed by atoms with E-state index in [9.17, 15) is 4.79 Å². The predicted octanol–water partition coefficient (Wildman–Crippen LogP) is 1.62. The summed E-state index contributed by atoms with van der Waals surface area (Å²) in [6.45, 7) is 0.834. The average Bonchev–Trinajstić information content (AvgIpc) is 3.21. The summed E-state index contributed by atoms with van der Waals surface area (Å²) >= 11 is 0. The number of hydrogen-bond acceptors (Lipinski definition) is 5. The lowest BCUT2D eigenvalue weighted by Gasteiger charge is -2.56. The Morgan fingerprint density at radius 3 is 2.74 bits per heavy atom. The summed E-state index contributed by atoms with van der Waals surface area (Å²) in [4.78, 5) is 14.5. The summed E-state index contributed by atoms with van der Waals surface area (Å²) in [5.74, 6) is 1.12. The smallest absolute Gasteiger partial charge is 0.272 e. The van der Waals surface area contributed by atoms with Gasteiger partial charge in [-0.3, -0.25) is 4.79 Å². The molecule has 2 heterocycles. The van der Waals surface area contributed by atoms with Crippen LogP contribution in [0.15, 0.2) is 12.1 Å². The number of ether oxygens (including phenoxy) is 1. The zero-order valence-corrected chi connectivity index (χ0v) is 13.8. The van der Waals surface area contributed by atoms with Crippen molar-refractivity contribution in [3.05, 3.63) is 17.8 Å². The van der Waals surface area contributed by atoms with Crippen LogP contribution in [0, 0.1) is 11.3 Å². The highest BCUT2D eigenvalue weighted by molar-refractivity contribution is 5.92. The molecule has 1 spiro atoms. The fraction of sp³-hybridized carbons (Fsp3) is 0.706. The van der Waals surface area contributed by atoms with Crippen molar-refractivity contribution in [3.63, 3.8) is 0 Å². The van der Waals surface area contributed by atoms with Crippen LogP contribution in [0.3, 0.4) is 0 Å². The number of carbonyl (C=O) groups excluding carboxylic acids is 1. The van der Waals surface area contributed by atoms with Gasteiger partial charge in [0.1, 0.15) is 0 Å². The van der Waals surface area contributed by atoms with Crippen molar-refractivity contribution in [2.75, 3.05) is 25.6 Å². The number of carbonyl (C=O) groups is 1. The highest BCUT2D eigenvalue weighted by Crippen LogP contribution is 2.60. The quantitative estimate of drug-likeness (QED) is 0.918. The molecule has 0 bridgehead atoms. The van der Waals surface area contributed by atoms with E-state index >= 15 is 0 Å². The highest BCUT2D eigenvalue weighted by atomic mass is 16.5. The molecule has 3 unspecified atom stereocenters. The van der Waals surface area contributed by atoms with Gasteiger partial charge in [-0.15, -0.1) is 10.2 Å². The highest BCUT2D eigenvalue weighted by Gasteiger charge is 2.65. The number of rotatable bonds is 3. The van der Waals surface area contributed by atoms with Gasteiger partial charge in [-0.05, 0) is 31.4 Å². The van der Waals surface area contributed by atoms with Gasteiger partial charge in [0, 0.05) is 38.1 Å². The fourth-order valence-corrected chi connectivity index (χ4v) is 4.80. The Kier molecular flexibility index (Phi) is 3.52. The first-order chi connectivity index (χ1) is 11.1. The molecule has 0 radical (unpaired) electrons. The van der Waals surface area contributed by atoms with Gasteiger partial charge in [-0.1, -0.05) is 12.8 Å². The Bertz CT molecular complexity index is 595. The first-order valence-corrected chi connectivity index (χ1v) is 8.55. The number of fused-ring (bicyclic) bond motifs is 2. The molecule has 0 aromatic carbocycles. The van der Waals surface area contributed by atoms with Gasteiger partial charge in [0.05, 0.1) is 6.10 Å². The summed E-state index contributed by atoms with van der Waals surface area (Å²) in [5, 5.41) is 11.4. The van der Waals surface area contributed by atoms with Crippen LogP contribution in [0.4, 0.5) is 5.82 Å². The molecule has 1 saturated heterocycles. The number of anilines is 1. The lowest BCUT2D eigenvalue weighted by molar-refractivity contribution is -0.126. The van der Waals surface area contributed by atoms with Gasteiger partial charge in [-0.25, -0.2) is 0 Å². The largest absolute Gasteiger partial charge is 0.377 e. The Morgan fingerprint density at radius 1 is 1.30 bits per heavy atom. The fourth-order valence-electron chi connectivity index (χ4n) is 4.80.